The highest BCUT2D eigenvalue weighted by atomic mass is 14.2. The van der Waals surface area contributed by atoms with Gasteiger partial charge in [0.1, 0.15) is 0 Å². The molecule has 0 aromatic heterocycles. The predicted octanol–water partition coefficient (Wildman–Crippen LogP) is 6.22. The van der Waals surface area contributed by atoms with Gasteiger partial charge in [-0.15, -0.1) is 0 Å². The first-order valence-electron chi connectivity index (χ1n) is 7.61. The van der Waals surface area contributed by atoms with Gasteiger partial charge in [-0.2, -0.15) is 0 Å². The zero-order valence-corrected chi connectivity index (χ0v) is 13.5. The second-order valence-electron chi connectivity index (χ2n) is 6.49. The molecule has 1 aromatic carbocycles. The average Bonchev–Trinajstić information content (AvgIpc) is 2.37. The predicted molar refractivity (Wildman–Crippen MR) is 90.1 cm³/mol. The monoisotopic (exact) mass is 266 g/mol. The highest BCUT2D eigenvalue weighted by Crippen LogP contribution is 2.34. The lowest BCUT2D eigenvalue weighted by Crippen LogP contribution is -2.01. The van der Waals surface area contributed by atoms with E-state index in [1.807, 2.05) is 0 Å². The molecule has 20 heavy (non-hydrogen) atoms. The smallest absolute Gasteiger partial charge is 0.0129 e. The lowest BCUT2D eigenvalue weighted by Gasteiger charge is -2.20. The zero-order valence-electron chi connectivity index (χ0n) is 13.5. The summed E-state index contributed by atoms with van der Waals surface area (Å²) in [7, 11) is 0. The molecular formula is C20H26. The van der Waals surface area contributed by atoms with E-state index < -0.39 is 0 Å². The summed E-state index contributed by atoms with van der Waals surface area (Å²) in [6.07, 6.45) is 5.56. The van der Waals surface area contributed by atoms with E-state index in [1.165, 1.54) is 27.8 Å². The van der Waals surface area contributed by atoms with Gasteiger partial charge < -0.3 is 0 Å². The summed E-state index contributed by atoms with van der Waals surface area (Å²) < 4.78 is 0. The Bertz CT molecular complexity index is 580. The van der Waals surface area contributed by atoms with Crippen LogP contribution < -0.4 is 0 Å². The van der Waals surface area contributed by atoms with Gasteiger partial charge in [0.05, 0.1) is 0 Å². The van der Waals surface area contributed by atoms with Crippen molar-refractivity contribution >= 4 is 5.57 Å². The lowest BCUT2D eigenvalue weighted by atomic mass is 9.85. The molecule has 1 aromatic rings. The molecule has 1 aliphatic rings. The second-order valence-corrected chi connectivity index (χ2v) is 6.49. The van der Waals surface area contributed by atoms with Crippen LogP contribution in [0.25, 0.3) is 5.57 Å². The molecule has 0 heterocycles. The van der Waals surface area contributed by atoms with Crippen molar-refractivity contribution in [3.63, 3.8) is 0 Å². The van der Waals surface area contributed by atoms with Crippen LogP contribution in [0.5, 0.6) is 0 Å². The molecule has 0 atom stereocenters. The third-order valence-corrected chi connectivity index (χ3v) is 4.04. The van der Waals surface area contributed by atoms with E-state index in [0.29, 0.717) is 11.8 Å². The molecule has 0 saturated heterocycles. The Labute approximate surface area is 123 Å². The van der Waals surface area contributed by atoms with Gasteiger partial charge in [-0.1, -0.05) is 70.2 Å². The Morgan fingerprint density at radius 2 is 1.65 bits per heavy atom. The first-order valence-corrected chi connectivity index (χ1v) is 7.61. The quantitative estimate of drug-likeness (QED) is 0.609. The highest BCUT2D eigenvalue weighted by molar-refractivity contribution is 5.83. The summed E-state index contributed by atoms with van der Waals surface area (Å²) in [6.45, 7) is 15.5. The maximum Gasteiger partial charge on any atom is -0.0129 e. The van der Waals surface area contributed by atoms with E-state index in [2.05, 4.69) is 71.5 Å². The fourth-order valence-corrected chi connectivity index (χ4v) is 2.90. The Kier molecular flexibility index (Phi) is 4.32. The maximum atomic E-state index is 4.21. The Morgan fingerprint density at radius 3 is 2.20 bits per heavy atom. The Morgan fingerprint density at radius 1 is 1.00 bits per heavy atom. The van der Waals surface area contributed by atoms with Crippen LogP contribution in [0.3, 0.4) is 0 Å². The van der Waals surface area contributed by atoms with Crippen LogP contribution in [0.2, 0.25) is 0 Å². The molecule has 2 rings (SSSR count). The summed E-state index contributed by atoms with van der Waals surface area (Å²) in [5.74, 6) is 1.13. The molecule has 0 amide bonds. The standard InChI is InChI=1S/C20H26/c1-13(2)18-10-8-17(12-20(18)14(3)4)19-9-7-15(5)11-16(19)6/h8-14H,6-7H2,1-5H3. The number of hydrogen-bond acceptors (Lipinski definition) is 0. The van der Waals surface area contributed by atoms with Crippen molar-refractivity contribution in [2.24, 2.45) is 0 Å². The topological polar surface area (TPSA) is 0 Å². The van der Waals surface area contributed by atoms with Gasteiger partial charge in [-0.3, -0.25) is 0 Å². The fraction of sp³-hybridized carbons (Fsp3) is 0.400. The Hall–Kier alpha value is -1.56. The molecule has 0 aliphatic heterocycles. The van der Waals surface area contributed by atoms with Crippen molar-refractivity contribution in [3.8, 4) is 0 Å². The van der Waals surface area contributed by atoms with Gasteiger partial charge in [-0.25, -0.2) is 0 Å². The molecule has 0 radical (unpaired) electrons. The minimum Gasteiger partial charge on any atom is -0.0912 e. The summed E-state index contributed by atoms with van der Waals surface area (Å²) in [6, 6.07) is 6.92. The van der Waals surface area contributed by atoms with Crippen LogP contribution in [0.4, 0.5) is 0 Å². The molecule has 0 heteroatoms. The second kappa shape index (κ2) is 5.83. The molecule has 0 spiro atoms. The molecular weight excluding hydrogens is 240 g/mol. The molecule has 0 bridgehead atoms. The largest absolute Gasteiger partial charge is 0.0912 e. The van der Waals surface area contributed by atoms with E-state index in [0.717, 1.165) is 12.0 Å². The van der Waals surface area contributed by atoms with E-state index in [9.17, 15) is 0 Å². The number of rotatable bonds is 3. The van der Waals surface area contributed by atoms with Crippen molar-refractivity contribution in [1.82, 2.24) is 0 Å². The van der Waals surface area contributed by atoms with Gasteiger partial charge in [0.2, 0.25) is 0 Å². The highest BCUT2D eigenvalue weighted by Gasteiger charge is 2.14. The zero-order chi connectivity index (χ0) is 14.9. The number of allylic oxidation sites excluding steroid dienone is 5. The summed E-state index contributed by atoms with van der Waals surface area (Å²) in [5, 5.41) is 0. The Balaban J connectivity index is 2.45. The number of benzene rings is 1. The fourth-order valence-electron chi connectivity index (χ4n) is 2.90. The van der Waals surface area contributed by atoms with E-state index >= 15 is 0 Å². The van der Waals surface area contributed by atoms with Gasteiger partial charge in [0.25, 0.3) is 0 Å². The van der Waals surface area contributed by atoms with Crippen LogP contribution in [-0.2, 0) is 0 Å². The van der Waals surface area contributed by atoms with E-state index in [-0.39, 0.29) is 0 Å². The van der Waals surface area contributed by atoms with Crippen molar-refractivity contribution in [3.05, 3.63) is 64.8 Å². The van der Waals surface area contributed by atoms with Crippen molar-refractivity contribution in [1.29, 1.82) is 0 Å². The molecule has 1 aliphatic carbocycles. The molecule has 0 saturated carbocycles. The molecule has 0 N–H and O–H groups in total. The summed E-state index contributed by atoms with van der Waals surface area (Å²) in [4.78, 5) is 0. The first-order chi connectivity index (χ1) is 9.40. The van der Waals surface area contributed by atoms with E-state index in [1.54, 1.807) is 0 Å². The first kappa shape index (κ1) is 14.8. The maximum absolute atomic E-state index is 4.21. The van der Waals surface area contributed by atoms with Crippen LogP contribution in [0.15, 0.2) is 48.1 Å². The van der Waals surface area contributed by atoms with Crippen LogP contribution in [-0.4, -0.2) is 0 Å². The van der Waals surface area contributed by atoms with Gasteiger partial charge in [0, 0.05) is 0 Å². The lowest BCUT2D eigenvalue weighted by molar-refractivity contribution is 0.789. The summed E-state index contributed by atoms with van der Waals surface area (Å²) in [5.41, 5.74) is 8.08. The SMILES string of the molecule is C=C1C=C(C)CC=C1c1ccc(C(C)C)c(C(C)C)c1. The van der Waals surface area contributed by atoms with Gasteiger partial charge in [-0.05, 0) is 53.0 Å². The minimum absolute atomic E-state index is 0.557. The average molecular weight is 266 g/mol. The third-order valence-electron chi connectivity index (χ3n) is 4.04. The molecule has 0 unspecified atom stereocenters. The molecule has 0 nitrogen and oxygen atoms in total. The summed E-state index contributed by atoms with van der Waals surface area (Å²) >= 11 is 0. The van der Waals surface area contributed by atoms with Crippen molar-refractivity contribution in [2.75, 3.05) is 0 Å². The molecule has 106 valence electrons. The van der Waals surface area contributed by atoms with E-state index in [4.69, 9.17) is 0 Å². The van der Waals surface area contributed by atoms with Crippen LogP contribution in [0.1, 0.15) is 69.6 Å². The third kappa shape index (κ3) is 2.95. The normalized spacial score (nSPS) is 15.7. The van der Waals surface area contributed by atoms with Gasteiger partial charge >= 0.3 is 0 Å². The number of hydrogen-bond donors (Lipinski definition) is 0. The van der Waals surface area contributed by atoms with Crippen molar-refractivity contribution in [2.45, 2.75) is 52.9 Å². The van der Waals surface area contributed by atoms with Crippen LogP contribution >= 0.6 is 0 Å². The molecule has 0 fully saturated rings. The minimum atomic E-state index is 0.557. The van der Waals surface area contributed by atoms with Crippen LogP contribution in [0, 0.1) is 0 Å². The van der Waals surface area contributed by atoms with Gasteiger partial charge in [0.15, 0.2) is 0 Å². The van der Waals surface area contributed by atoms with Crippen molar-refractivity contribution < 1.29 is 0 Å².